The SMILES string of the molecule is CNCCC(O)C(O)c1ccc(N)c(C)c1Cl. The molecule has 1 rings (SSSR count). The fraction of sp³-hybridized carbons (Fsp3) is 0.500. The molecule has 2 unspecified atom stereocenters. The molecule has 0 radical (unpaired) electrons. The minimum atomic E-state index is -0.991. The van der Waals surface area contributed by atoms with Crippen LogP contribution in [0.1, 0.15) is 23.7 Å². The fourth-order valence-corrected chi connectivity index (χ4v) is 1.89. The average Bonchev–Trinajstić information content (AvgIpc) is 2.32. The van der Waals surface area contributed by atoms with Crippen LogP contribution in [0.3, 0.4) is 0 Å². The number of hydrogen-bond acceptors (Lipinski definition) is 4. The third-order valence-electron chi connectivity index (χ3n) is 2.83. The van der Waals surface area contributed by atoms with Crippen LogP contribution >= 0.6 is 11.6 Å². The number of nitrogen functional groups attached to an aromatic ring is 1. The van der Waals surface area contributed by atoms with E-state index in [9.17, 15) is 10.2 Å². The zero-order chi connectivity index (χ0) is 13.0. The molecule has 0 spiro atoms. The summed E-state index contributed by atoms with van der Waals surface area (Å²) in [4.78, 5) is 0. The van der Waals surface area contributed by atoms with Crippen LogP contribution < -0.4 is 11.1 Å². The van der Waals surface area contributed by atoms with Gasteiger partial charge in [0.2, 0.25) is 0 Å². The van der Waals surface area contributed by atoms with E-state index >= 15 is 0 Å². The van der Waals surface area contributed by atoms with Crippen molar-refractivity contribution >= 4 is 17.3 Å². The maximum atomic E-state index is 10.0. The third-order valence-corrected chi connectivity index (χ3v) is 3.33. The molecule has 1 aromatic carbocycles. The Morgan fingerprint density at radius 3 is 2.65 bits per heavy atom. The van der Waals surface area contributed by atoms with Crippen molar-refractivity contribution in [2.45, 2.75) is 25.6 Å². The minimum Gasteiger partial charge on any atom is -0.398 e. The van der Waals surface area contributed by atoms with Gasteiger partial charge in [-0.05, 0) is 38.6 Å². The van der Waals surface area contributed by atoms with Gasteiger partial charge in [0, 0.05) is 11.3 Å². The molecule has 1 aromatic rings. The first-order valence-corrected chi connectivity index (χ1v) is 5.92. The summed E-state index contributed by atoms with van der Waals surface area (Å²) >= 11 is 6.10. The van der Waals surface area contributed by atoms with Crippen molar-refractivity contribution in [3.8, 4) is 0 Å². The van der Waals surface area contributed by atoms with Crippen LogP contribution in [0.25, 0.3) is 0 Å². The van der Waals surface area contributed by atoms with Crippen molar-refractivity contribution in [2.75, 3.05) is 19.3 Å². The van der Waals surface area contributed by atoms with Gasteiger partial charge in [-0.15, -0.1) is 0 Å². The molecule has 0 bridgehead atoms. The van der Waals surface area contributed by atoms with Crippen LogP contribution in [0.4, 0.5) is 5.69 Å². The Balaban J connectivity index is 2.89. The fourth-order valence-electron chi connectivity index (χ4n) is 1.61. The highest BCUT2D eigenvalue weighted by Crippen LogP contribution is 2.31. The van der Waals surface area contributed by atoms with E-state index in [4.69, 9.17) is 17.3 Å². The predicted octanol–water partition coefficient (Wildman–Crippen LogP) is 1.23. The van der Waals surface area contributed by atoms with E-state index in [0.29, 0.717) is 29.2 Å². The van der Waals surface area contributed by atoms with Crippen LogP contribution in [-0.2, 0) is 0 Å². The van der Waals surface area contributed by atoms with Gasteiger partial charge < -0.3 is 21.3 Å². The van der Waals surface area contributed by atoms with E-state index in [1.807, 2.05) is 0 Å². The van der Waals surface area contributed by atoms with E-state index in [2.05, 4.69) is 5.32 Å². The van der Waals surface area contributed by atoms with E-state index in [1.54, 1.807) is 26.1 Å². The second-order valence-electron chi connectivity index (χ2n) is 4.09. The normalized spacial score (nSPS) is 14.6. The second-order valence-corrected chi connectivity index (χ2v) is 4.47. The van der Waals surface area contributed by atoms with Crippen LogP contribution in [0.15, 0.2) is 12.1 Å². The van der Waals surface area contributed by atoms with Gasteiger partial charge in [0.25, 0.3) is 0 Å². The smallest absolute Gasteiger partial charge is 0.106 e. The molecule has 0 aromatic heterocycles. The topological polar surface area (TPSA) is 78.5 Å². The van der Waals surface area contributed by atoms with Crippen LogP contribution in [0.2, 0.25) is 5.02 Å². The van der Waals surface area contributed by atoms with E-state index in [-0.39, 0.29) is 0 Å². The molecule has 17 heavy (non-hydrogen) atoms. The molecule has 0 aliphatic rings. The average molecular weight is 259 g/mol. The lowest BCUT2D eigenvalue weighted by atomic mass is 9.99. The van der Waals surface area contributed by atoms with Crippen molar-refractivity contribution in [1.82, 2.24) is 5.32 Å². The second kappa shape index (κ2) is 6.21. The molecule has 5 heteroatoms. The quantitative estimate of drug-likeness (QED) is 0.599. The largest absolute Gasteiger partial charge is 0.398 e. The van der Waals surface area contributed by atoms with Gasteiger partial charge in [-0.1, -0.05) is 17.7 Å². The molecule has 4 nitrogen and oxygen atoms in total. The summed E-state index contributed by atoms with van der Waals surface area (Å²) in [6.45, 7) is 2.41. The molecule has 0 heterocycles. The predicted molar refractivity (Wildman–Crippen MR) is 70.1 cm³/mol. The summed E-state index contributed by atoms with van der Waals surface area (Å²) < 4.78 is 0. The molecule has 0 saturated heterocycles. The highest BCUT2D eigenvalue weighted by Gasteiger charge is 2.21. The Kier molecular flexibility index (Phi) is 5.21. The van der Waals surface area contributed by atoms with Gasteiger partial charge in [0.05, 0.1) is 11.1 Å². The first kappa shape index (κ1) is 14.3. The molecular weight excluding hydrogens is 240 g/mol. The standard InChI is InChI=1S/C12H19ClN2O2/c1-7-9(14)4-3-8(11(7)13)12(17)10(16)5-6-15-2/h3-4,10,12,15-17H,5-6,14H2,1-2H3. The van der Waals surface area contributed by atoms with Gasteiger partial charge >= 0.3 is 0 Å². The molecule has 96 valence electrons. The van der Waals surface area contributed by atoms with Crippen molar-refractivity contribution in [3.05, 3.63) is 28.3 Å². The lowest BCUT2D eigenvalue weighted by Gasteiger charge is -2.20. The third kappa shape index (κ3) is 3.33. The zero-order valence-electron chi connectivity index (χ0n) is 10.1. The maximum Gasteiger partial charge on any atom is 0.106 e. The Bertz CT molecular complexity index is 385. The number of halogens is 1. The van der Waals surface area contributed by atoms with Gasteiger partial charge in [-0.2, -0.15) is 0 Å². The molecular formula is C12H19ClN2O2. The molecule has 0 aliphatic heterocycles. The summed E-state index contributed by atoms with van der Waals surface area (Å²) in [5.74, 6) is 0. The van der Waals surface area contributed by atoms with Crippen molar-refractivity contribution in [2.24, 2.45) is 0 Å². The number of aliphatic hydroxyl groups is 2. The number of benzene rings is 1. The summed E-state index contributed by atoms with van der Waals surface area (Å²) in [6, 6.07) is 3.34. The minimum absolute atomic E-state index is 0.418. The van der Waals surface area contributed by atoms with Gasteiger partial charge in [-0.3, -0.25) is 0 Å². The van der Waals surface area contributed by atoms with Crippen molar-refractivity contribution in [3.63, 3.8) is 0 Å². The number of anilines is 1. The number of aliphatic hydroxyl groups excluding tert-OH is 2. The lowest BCUT2D eigenvalue weighted by molar-refractivity contribution is 0.0141. The lowest BCUT2D eigenvalue weighted by Crippen LogP contribution is -2.23. The summed E-state index contributed by atoms with van der Waals surface area (Å²) in [7, 11) is 1.79. The van der Waals surface area contributed by atoms with Crippen molar-refractivity contribution < 1.29 is 10.2 Å². The highest BCUT2D eigenvalue weighted by molar-refractivity contribution is 6.32. The number of nitrogens with one attached hydrogen (secondary N) is 1. The first-order valence-electron chi connectivity index (χ1n) is 5.54. The zero-order valence-corrected chi connectivity index (χ0v) is 10.8. The molecule has 0 aliphatic carbocycles. The van der Waals surface area contributed by atoms with Crippen LogP contribution in [0, 0.1) is 6.92 Å². The maximum absolute atomic E-state index is 10.0. The van der Waals surface area contributed by atoms with Crippen LogP contribution in [-0.4, -0.2) is 29.9 Å². The summed E-state index contributed by atoms with van der Waals surface area (Å²) in [5, 5.41) is 23.1. The molecule has 0 saturated carbocycles. The summed E-state index contributed by atoms with van der Waals surface area (Å²) in [5.41, 5.74) is 7.53. The van der Waals surface area contributed by atoms with Gasteiger partial charge in [-0.25, -0.2) is 0 Å². The Labute approximate surface area is 106 Å². The highest BCUT2D eigenvalue weighted by atomic mass is 35.5. The molecule has 0 fully saturated rings. The van der Waals surface area contributed by atoms with E-state index < -0.39 is 12.2 Å². The Morgan fingerprint density at radius 1 is 1.41 bits per heavy atom. The van der Waals surface area contributed by atoms with Gasteiger partial charge in [0.1, 0.15) is 6.10 Å². The number of nitrogens with two attached hydrogens (primary N) is 1. The van der Waals surface area contributed by atoms with Crippen molar-refractivity contribution in [1.29, 1.82) is 0 Å². The van der Waals surface area contributed by atoms with Gasteiger partial charge in [0.15, 0.2) is 0 Å². The monoisotopic (exact) mass is 258 g/mol. The molecule has 2 atom stereocenters. The van der Waals surface area contributed by atoms with Crippen LogP contribution in [0.5, 0.6) is 0 Å². The van der Waals surface area contributed by atoms with E-state index in [0.717, 1.165) is 5.56 Å². The molecule has 0 amide bonds. The molecule has 5 N–H and O–H groups in total. The Hall–Kier alpha value is -0.810. The number of hydrogen-bond donors (Lipinski definition) is 4. The Morgan fingerprint density at radius 2 is 2.06 bits per heavy atom. The number of rotatable bonds is 5. The summed E-state index contributed by atoms with van der Waals surface area (Å²) in [6.07, 6.45) is -1.38. The van der Waals surface area contributed by atoms with E-state index in [1.165, 1.54) is 0 Å². The first-order chi connectivity index (χ1) is 7.99.